The van der Waals surface area contributed by atoms with E-state index in [-0.39, 0.29) is 6.61 Å². The van der Waals surface area contributed by atoms with Crippen LogP contribution in [0.25, 0.3) is 11.0 Å². The summed E-state index contributed by atoms with van der Waals surface area (Å²) < 4.78 is 7.84. The van der Waals surface area contributed by atoms with Crippen molar-refractivity contribution in [2.75, 3.05) is 12.3 Å². The largest absolute Gasteiger partial charge is 0.399 e. The van der Waals surface area contributed by atoms with Crippen molar-refractivity contribution in [1.82, 2.24) is 9.55 Å². The smallest absolute Gasteiger partial charge is 0.135 e. The molecule has 1 aliphatic rings. The van der Waals surface area contributed by atoms with Gasteiger partial charge < -0.3 is 20.1 Å². The maximum absolute atomic E-state index is 9.48. The van der Waals surface area contributed by atoms with Gasteiger partial charge in [0.05, 0.1) is 17.1 Å². The topological polar surface area (TPSA) is 73.3 Å². The van der Waals surface area contributed by atoms with E-state index in [0.29, 0.717) is 17.6 Å². The SMILES string of the molecule is Nc1ccc2c(c1)nc(CO)n2CCC1CCCCO1. The van der Waals surface area contributed by atoms with Crippen LogP contribution >= 0.6 is 0 Å². The van der Waals surface area contributed by atoms with Crippen LogP contribution in [0.2, 0.25) is 0 Å². The molecule has 0 aliphatic carbocycles. The van der Waals surface area contributed by atoms with Crippen LogP contribution in [0.15, 0.2) is 18.2 Å². The summed E-state index contributed by atoms with van der Waals surface area (Å²) in [6.45, 7) is 1.64. The molecule has 0 spiro atoms. The lowest BCUT2D eigenvalue weighted by Gasteiger charge is -2.23. The van der Waals surface area contributed by atoms with Crippen molar-refractivity contribution < 1.29 is 9.84 Å². The van der Waals surface area contributed by atoms with E-state index >= 15 is 0 Å². The third kappa shape index (κ3) is 2.64. The number of benzene rings is 1. The van der Waals surface area contributed by atoms with Crippen molar-refractivity contribution in [2.45, 2.75) is 44.9 Å². The van der Waals surface area contributed by atoms with Crippen LogP contribution in [0.5, 0.6) is 0 Å². The zero-order valence-corrected chi connectivity index (χ0v) is 11.6. The third-order valence-electron chi connectivity index (χ3n) is 3.94. The molecule has 0 bridgehead atoms. The van der Waals surface area contributed by atoms with E-state index < -0.39 is 0 Å². The number of aromatic nitrogens is 2. The predicted octanol–water partition coefficient (Wildman–Crippen LogP) is 2.07. The summed E-state index contributed by atoms with van der Waals surface area (Å²) in [6.07, 6.45) is 4.85. The highest BCUT2D eigenvalue weighted by Gasteiger charge is 2.16. The summed E-state index contributed by atoms with van der Waals surface area (Å²) in [6, 6.07) is 5.69. The highest BCUT2D eigenvalue weighted by atomic mass is 16.5. The Bertz CT molecular complexity index is 588. The number of rotatable bonds is 4. The van der Waals surface area contributed by atoms with E-state index in [1.165, 1.54) is 12.8 Å². The molecule has 1 aromatic heterocycles. The number of nitrogens with zero attached hydrogens (tertiary/aromatic N) is 2. The first kappa shape index (κ1) is 13.4. The van der Waals surface area contributed by atoms with Gasteiger partial charge in [0.15, 0.2) is 0 Å². The van der Waals surface area contributed by atoms with Crippen LogP contribution in [0.4, 0.5) is 5.69 Å². The number of hydrogen-bond acceptors (Lipinski definition) is 4. The van der Waals surface area contributed by atoms with E-state index in [0.717, 1.165) is 37.0 Å². The number of hydrogen-bond donors (Lipinski definition) is 2. The van der Waals surface area contributed by atoms with E-state index in [1.807, 2.05) is 18.2 Å². The number of aliphatic hydroxyl groups is 1. The Balaban J connectivity index is 1.81. The minimum atomic E-state index is -0.0554. The summed E-state index contributed by atoms with van der Waals surface area (Å²) in [5.41, 5.74) is 8.35. The zero-order valence-electron chi connectivity index (χ0n) is 11.6. The van der Waals surface area contributed by atoms with Gasteiger partial charge >= 0.3 is 0 Å². The lowest BCUT2D eigenvalue weighted by Crippen LogP contribution is -2.21. The van der Waals surface area contributed by atoms with E-state index in [2.05, 4.69) is 9.55 Å². The molecule has 0 saturated carbocycles. The number of imidazole rings is 1. The zero-order chi connectivity index (χ0) is 13.9. The first-order chi connectivity index (χ1) is 9.78. The fraction of sp³-hybridized carbons (Fsp3) is 0.533. The molecular weight excluding hydrogens is 254 g/mol. The molecule has 5 nitrogen and oxygen atoms in total. The molecule has 5 heteroatoms. The van der Waals surface area contributed by atoms with Gasteiger partial charge in [-0.15, -0.1) is 0 Å². The van der Waals surface area contributed by atoms with Gasteiger partial charge in [0.2, 0.25) is 0 Å². The van der Waals surface area contributed by atoms with Crippen LogP contribution in [0.3, 0.4) is 0 Å². The number of ether oxygens (including phenoxy) is 1. The van der Waals surface area contributed by atoms with Crippen molar-refractivity contribution in [3.63, 3.8) is 0 Å². The molecular formula is C15H21N3O2. The number of anilines is 1. The highest BCUT2D eigenvalue weighted by Crippen LogP contribution is 2.22. The van der Waals surface area contributed by atoms with Crippen molar-refractivity contribution >= 4 is 16.7 Å². The van der Waals surface area contributed by atoms with Gasteiger partial charge in [0, 0.05) is 18.8 Å². The van der Waals surface area contributed by atoms with Crippen LogP contribution in [0.1, 0.15) is 31.5 Å². The second-order valence-corrected chi connectivity index (χ2v) is 5.36. The van der Waals surface area contributed by atoms with Crippen LogP contribution in [0, 0.1) is 0 Å². The minimum absolute atomic E-state index is 0.0554. The molecule has 1 aromatic carbocycles. The molecule has 0 amide bonds. The minimum Gasteiger partial charge on any atom is -0.399 e. The maximum Gasteiger partial charge on any atom is 0.135 e. The van der Waals surface area contributed by atoms with Gasteiger partial charge in [-0.1, -0.05) is 0 Å². The number of aryl methyl sites for hydroxylation is 1. The second-order valence-electron chi connectivity index (χ2n) is 5.36. The first-order valence-electron chi connectivity index (χ1n) is 7.25. The molecule has 3 N–H and O–H groups in total. The van der Waals surface area contributed by atoms with Crippen molar-refractivity contribution in [2.24, 2.45) is 0 Å². The Morgan fingerprint density at radius 3 is 3.05 bits per heavy atom. The van der Waals surface area contributed by atoms with Crippen LogP contribution in [-0.4, -0.2) is 27.4 Å². The lowest BCUT2D eigenvalue weighted by atomic mass is 10.1. The van der Waals surface area contributed by atoms with E-state index in [9.17, 15) is 5.11 Å². The van der Waals surface area contributed by atoms with Gasteiger partial charge in [0.1, 0.15) is 12.4 Å². The van der Waals surface area contributed by atoms with Crippen molar-refractivity contribution in [3.05, 3.63) is 24.0 Å². The number of fused-ring (bicyclic) bond motifs is 1. The summed E-state index contributed by atoms with van der Waals surface area (Å²) in [5, 5.41) is 9.48. The Morgan fingerprint density at radius 2 is 2.30 bits per heavy atom. The monoisotopic (exact) mass is 275 g/mol. The Kier molecular flexibility index (Phi) is 3.89. The summed E-state index contributed by atoms with van der Waals surface area (Å²) >= 11 is 0. The standard InChI is InChI=1S/C15H21N3O2/c16-11-4-5-14-13(9-11)17-15(10-19)18(14)7-6-12-3-1-2-8-20-12/h4-5,9,12,19H,1-3,6-8,10,16H2. The fourth-order valence-electron chi connectivity index (χ4n) is 2.88. The summed E-state index contributed by atoms with van der Waals surface area (Å²) in [5.74, 6) is 0.696. The van der Waals surface area contributed by atoms with Gasteiger partial charge in [-0.3, -0.25) is 0 Å². The molecule has 20 heavy (non-hydrogen) atoms. The molecule has 2 aromatic rings. The van der Waals surface area contributed by atoms with Gasteiger partial charge in [-0.2, -0.15) is 0 Å². The molecule has 1 saturated heterocycles. The Hall–Kier alpha value is -1.59. The molecule has 108 valence electrons. The second kappa shape index (κ2) is 5.81. The van der Waals surface area contributed by atoms with E-state index in [4.69, 9.17) is 10.5 Å². The Labute approximate surface area is 118 Å². The normalized spacial score (nSPS) is 19.6. The quantitative estimate of drug-likeness (QED) is 0.838. The highest BCUT2D eigenvalue weighted by molar-refractivity contribution is 5.79. The summed E-state index contributed by atoms with van der Waals surface area (Å²) in [7, 11) is 0. The van der Waals surface area contributed by atoms with Crippen molar-refractivity contribution in [1.29, 1.82) is 0 Å². The lowest BCUT2D eigenvalue weighted by molar-refractivity contribution is 0.00873. The van der Waals surface area contributed by atoms with Gasteiger partial charge in [0.25, 0.3) is 0 Å². The Morgan fingerprint density at radius 1 is 1.40 bits per heavy atom. The number of aliphatic hydroxyl groups excluding tert-OH is 1. The predicted molar refractivity (Wildman–Crippen MR) is 78.3 cm³/mol. The average Bonchev–Trinajstić information content (AvgIpc) is 2.83. The van der Waals surface area contributed by atoms with Crippen LogP contribution < -0.4 is 5.73 Å². The summed E-state index contributed by atoms with van der Waals surface area (Å²) in [4.78, 5) is 4.45. The number of nitrogens with two attached hydrogens (primary N) is 1. The molecule has 3 rings (SSSR count). The molecule has 1 atom stereocenters. The van der Waals surface area contributed by atoms with Crippen LogP contribution in [-0.2, 0) is 17.9 Å². The molecule has 1 fully saturated rings. The maximum atomic E-state index is 9.48. The molecule has 1 unspecified atom stereocenters. The third-order valence-corrected chi connectivity index (χ3v) is 3.94. The fourth-order valence-corrected chi connectivity index (χ4v) is 2.88. The van der Waals surface area contributed by atoms with Gasteiger partial charge in [-0.05, 0) is 43.9 Å². The van der Waals surface area contributed by atoms with E-state index in [1.54, 1.807) is 0 Å². The first-order valence-corrected chi connectivity index (χ1v) is 7.25. The van der Waals surface area contributed by atoms with Gasteiger partial charge in [-0.25, -0.2) is 4.98 Å². The number of nitrogen functional groups attached to an aromatic ring is 1. The average molecular weight is 275 g/mol. The molecule has 0 radical (unpaired) electrons. The molecule has 2 heterocycles. The van der Waals surface area contributed by atoms with Crippen molar-refractivity contribution in [3.8, 4) is 0 Å². The molecule has 1 aliphatic heterocycles.